The molecule has 0 spiro atoms. The molecule has 3 aromatic carbocycles. The Labute approximate surface area is 315 Å². The second-order valence-corrected chi connectivity index (χ2v) is 15.5. The van der Waals surface area contributed by atoms with Crippen molar-refractivity contribution in [2.75, 3.05) is 27.4 Å². The molecule has 288 valence electrons. The smallest absolute Gasteiger partial charge is 0.408 e. The highest BCUT2D eigenvalue weighted by Crippen LogP contribution is 2.55. The maximum absolute atomic E-state index is 14.6. The van der Waals surface area contributed by atoms with Crippen molar-refractivity contribution >= 4 is 7.75 Å². The second-order valence-electron chi connectivity index (χ2n) is 13.6. The number of aromatic amines is 1. The number of benzene rings is 3. The van der Waals surface area contributed by atoms with Gasteiger partial charge in [0.1, 0.15) is 29.4 Å². The highest BCUT2D eigenvalue weighted by atomic mass is 31.2. The Kier molecular flexibility index (Phi) is 13.3. The lowest BCUT2D eigenvalue weighted by Crippen LogP contribution is -2.41. The summed E-state index contributed by atoms with van der Waals surface area (Å²) in [5.41, 5.74) is 0.269. The molecule has 13 nitrogen and oxygen atoms in total. The van der Waals surface area contributed by atoms with E-state index in [0.29, 0.717) is 17.1 Å². The summed E-state index contributed by atoms with van der Waals surface area (Å²) in [4.78, 5) is 27.9. The Morgan fingerprint density at radius 3 is 1.98 bits per heavy atom. The van der Waals surface area contributed by atoms with Crippen LogP contribution in [0.5, 0.6) is 11.5 Å². The maximum Gasteiger partial charge on any atom is 0.408 e. The van der Waals surface area contributed by atoms with Crippen LogP contribution < -0.4 is 20.7 Å². The van der Waals surface area contributed by atoms with Crippen LogP contribution in [0.1, 0.15) is 69.0 Å². The summed E-state index contributed by atoms with van der Waals surface area (Å²) in [6, 6.07) is 26.5. The van der Waals surface area contributed by atoms with Crippen LogP contribution in [-0.4, -0.2) is 65.9 Å². The fourth-order valence-electron chi connectivity index (χ4n) is 6.91. The molecular weight excluding hydrogens is 711 g/mol. The molecule has 1 N–H and O–H groups in total. The Morgan fingerprint density at radius 2 is 1.46 bits per heavy atom. The first-order valence-electron chi connectivity index (χ1n) is 17.9. The summed E-state index contributed by atoms with van der Waals surface area (Å²) in [7, 11) is -0.806. The van der Waals surface area contributed by atoms with Crippen molar-refractivity contribution in [1.82, 2.24) is 14.2 Å². The van der Waals surface area contributed by atoms with Crippen molar-refractivity contribution in [3.8, 4) is 17.6 Å². The Hall–Kier alpha value is -4.54. The molecule has 14 heteroatoms. The normalized spacial score (nSPS) is 18.5. The molecule has 0 radical (unpaired) electrons. The van der Waals surface area contributed by atoms with E-state index in [1.54, 1.807) is 25.8 Å². The molecule has 0 amide bonds. The number of aryl methyl sites for hydroxylation is 1. The number of nitrogens with one attached hydrogen (secondary N) is 1. The third-order valence-corrected chi connectivity index (χ3v) is 11.8. The van der Waals surface area contributed by atoms with E-state index in [1.165, 1.54) is 10.8 Å². The molecule has 4 atom stereocenters. The van der Waals surface area contributed by atoms with Crippen LogP contribution in [0.2, 0.25) is 0 Å². The lowest BCUT2D eigenvalue weighted by atomic mass is 9.79. The minimum Gasteiger partial charge on any atom is -0.497 e. The van der Waals surface area contributed by atoms with Gasteiger partial charge < -0.3 is 18.9 Å². The summed E-state index contributed by atoms with van der Waals surface area (Å²) in [5.74, 6) is 1.32. The van der Waals surface area contributed by atoms with Crippen LogP contribution in [0.25, 0.3) is 0 Å². The summed E-state index contributed by atoms with van der Waals surface area (Å²) < 4.78 is 54.8. The van der Waals surface area contributed by atoms with Gasteiger partial charge in [-0.15, -0.1) is 0 Å². The topological polar surface area (TPSA) is 154 Å². The average Bonchev–Trinajstić information content (AvgIpc) is 3.56. The first kappa shape index (κ1) is 40.6. The number of nitriles is 1. The number of rotatable bonds is 17. The van der Waals surface area contributed by atoms with Gasteiger partial charge in [0.05, 0.1) is 46.0 Å². The minimum absolute atomic E-state index is 0.0168. The minimum atomic E-state index is -4.01. The zero-order valence-corrected chi connectivity index (χ0v) is 32.7. The summed E-state index contributed by atoms with van der Waals surface area (Å²) in [6.45, 7) is 8.81. The quantitative estimate of drug-likeness (QED) is 0.0695. The molecule has 1 aliphatic heterocycles. The van der Waals surface area contributed by atoms with E-state index in [-0.39, 0.29) is 38.1 Å². The SMILES string of the molecule is COc1ccc(C(OC2C[C@H](n3cc(C)c(=O)[nH]c3=O)O[C@@H]2COP(=O)(OCCC#N)N(C(C)C)C(C)C)(c2ccccc2)c2ccc(OC)cc2)cc1. The van der Waals surface area contributed by atoms with E-state index >= 15 is 0 Å². The van der Waals surface area contributed by atoms with Crippen molar-refractivity contribution in [3.05, 3.63) is 128 Å². The van der Waals surface area contributed by atoms with Crippen molar-refractivity contribution in [3.63, 3.8) is 0 Å². The molecule has 1 aromatic heterocycles. The van der Waals surface area contributed by atoms with Gasteiger partial charge in [-0.05, 0) is 75.6 Å². The van der Waals surface area contributed by atoms with Gasteiger partial charge in [0.2, 0.25) is 0 Å². The molecule has 0 bridgehead atoms. The number of ether oxygens (including phenoxy) is 4. The molecule has 1 aliphatic rings. The Bertz CT molecular complexity index is 1990. The number of methoxy groups -OCH3 is 2. The van der Waals surface area contributed by atoms with E-state index in [4.69, 9.17) is 28.0 Å². The van der Waals surface area contributed by atoms with E-state index in [1.807, 2.05) is 113 Å². The molecule has 2 heterocycles. The Morgan fingerprint density at radius 1 is 0.907 bits per heavy atom. The lowest BCUT2D eigenvalue weighted by molar-refractivity contribution is -0.0987. The number of H-pyrrole nitrogens is 1. The molecular formula is C40H49N4O9P. The number of hydrogen-bond donors (Lipinski definition) is 1. The fraction of sp³-hybridized carbons (Fsp3) is 0.425. The molecule has 1 saturated heterocycles. The number of hydrogen-bond acceptors (Lipinski definition) is 10. The summed E-state index contributed by atoms with van der Waals surface area (Å²) >= 11 is 0. The molecule has 54 heavy (non-hydrogen) atoms. The summed E-state index contributed by atoms with van der Waals surface area (Å²) in [6.07, 6.45) is -0.961. The van der Waals surface area contributed by atoms with Gasteiger partial charge in [-0.25, -0.2) is 14.0 Å². The van der Waals surface area contributed by atoms with Crippen molar-refractivity contribution in [1.29, 1.82) is 5.26 Å². The first-order chi connectivity index (χ1) is 25.9. The molecule has 5 rings (SSSR count). The first-order valence-corrected chi connectivity index (χ1v) is 19.4. The van der Waals surface area contributed by atoms with Gasteiger partial charge in [-0.2, -0.15) is 5.26 Å². The van der Waals surface area contributed by atoms with Crippen LogP contribution >= 0.6 is 7.75 Å². The summed E-state index contributed by atoms with van der Waals surface area (Å²) in [5, 5.41) is 9.23. The van der Waals surface area contributed by atoms with E-state index in [2.05, 4.69) is 4.98 Å². The maximum atomic E-state index is 14.6. The lowest BCUT2D eigenvalue weighted by Gasteiger charge is -2.40. The second kappa shape index (κ2) is 17.7. The molecule has 4 aromatic rings. The largest absolute Gasteiger partial charge is 0.497 e. The van der Waals surface area contributed by atoms with Gasteiger partial charge >= 0.3 is 13.4 Å². The zero-order chi connectivity index (χ0) is 39.0. The standard InChI is InChI=1S/C40H49N4O9P/c1-27(2)44(28(3)4)54(47,50-23-11-22-41)51-26-36-35(24-37(52-36)43-25-29(5)38(45)42-39(43)46)53-40(30-12-9-8-10-13-30,31-14-18-33(48-6)19-15-31)32-16-20-34(49-7)21-17-32/h8-10,12-21,25,27-28,35-37H,11,23-24,26H2,1-7H3,(H,42,45,46)/t35?,36-,37-,54?/m1/s1. The van der Waals surface area contributed by atoms with Crippen LogP contribution in [0, 0.1) is 18.3 Å². The van der Waals surface area contributed by atoms with Gasteiger partial charge in [-0.1, -0.05) is 54.6 Å². The monoisotopic (exact) mass is 760 g/mol. The van der Waals surface area contributed by atoms with Crippen LogP contribution in [0.3, 0.4) is 0 Å². The van der Waals surface area contributed by atoms with Gasteiger partial charge in [0.25, 0.3) is 5.56 Å². The molecule has 0 aliphatic carbocycles. The van der Waals surface area contributed by atoms with Gasteiger partial charge in [0, 0.05) is 30.3 Å². The third-order valence-electron chi connectivity index (χ3n) is 9.35. The Balaban J connectivity index is 1.66. The van der Waals surface area contributed by atoms with E-state index in [9.17, 15) is 19.4 Å². The molecule has 1 fully saturated rings. The predicted octanol–water partition coefficient (Wildman–Crippen LogP) is 6.70. The van der Waals surface area contributed by atoms with Crippen molar-refractivity contribution in [2.45, 2.75) is 83.6 Å². The molecule has 0 saturated carbocycles. The van der Waals surface area contributed by atoms with Gasteiger partial charge in [0.15, 0.2) is 0 Å². The van der Waals surface area contributed by atoms with Crippen molar-refractivity contribution in [2.24, 2.45) is 0 Å². The van der Waals surface area contributed by atoms with Crippen molar-refractivity contribution < 1.29 is 32.6 Å². The molecule has 2 unspecified atom stereocenters. The highest BCUT2D eigenvalue weighted by molar-refractivity contribution is 7.51. The van der Waals surface area contributed by atoms with E-state index in [0.717, 1.165) is 16.7 Å². The number of aromatic nitrogens is 2. The van der Waals surface area contributed by atoms with Crippen LogP contribution in [0.4, 0.5) is 0 Å². The van der Waals surface area contributed by atoms with Crippen LogP contribution in [0.15, 0.2) is 94.6 Å². The zero-order valence-electron chi connectivity index (χ0n) is 31.8. The third kappa shape index (κ3) is 8.71. The fourth-order valence-corrected chi connectivity index (χ4v) is 9.04. The predicted molar refractivity (Wildman–Crippen MR) is 204 cm³/mol. The van der Waals surface area contributed by atoms with Gasteiger partial charge in [-0.3, -0.25) is 23.4 Å². The van der Waals surface area contributed by atoms with Crippen LogP contribution in [-0.2, 0) is 28.7 Å². The van der Waals surface area contributed by atoms with E-state index < -0.39 is 43.0 Å². The number of nitrogens with zero attached hydrogens (tertiary/aromatic N) is 3. The average molecular weight is 761 g/mol. The highest BCUT2D eigenvalue weighted by Gasteiger charge is 2.48.